The lowest BCUT2D eigenvalue weighted by molar-refractivity contribution is -0.145. The molecule has 2 N–H and O–H groups in total. The predicted molar refractivity (Wildman–Crippen MR) is 98.3 cm³/mol. The van der Waals surface area contributed by atoms with E-state index in [0.717, 1.165) is 31.4 Å². The first kappa shape index (κ1) is 17.0. The van der Waals surface area contributed by atoms with Crippen LogP contribution in [0, 0.1) is 0 Å². The molecule has 1 aromatic rings. The van der Waals surface area contributed by atoms with E-state index in [4.69, 9.17) is 9.47 Å². The fourth-order valence-corrected chi connectivity index (χ4v) is 4.88. The molecule has 0 unspecified atom stereocenters. The van der Waals surface area contributed by atoms with Gasteiger partial charge in [0.25, 0.3) is 11.8 Å². The average molecular weight is 371 g/mol. The number of hydrogen-bond acceptors (Lipinski definition) is 5. The van der Waals surface area contributed by atoms with E-state index in [2.05, 4.69) is 10.6 Å². The van der Waals surface area contributed by atoms with Gasteiger partial charge in [-0.05, 0) is 37.8 Å². The Kier molecular flexibility index (Phi) is 3.91. The molecular formula is C20H25N3O4. The zero-order valence-corrected chi connectivity index (χ0v) is 15.3. The molecule has 2 atom stereocenters. The fraction of sp³-hybridized carbons (Fsp3) is 0.600. The van der Waals surface area contributed by atoms with Crippen molar-refractivity contribution in [2.24, 2.45) is 0 Å². The van der Waals surface area contributed by atoms with Crippen molar-refractivity contribution in [1.82, 2.24) is 10.2 Å². The van der Waals surface area contributed by atoms with Gasteiger partial charge < -0.3 is 25.0 Å². The van der Waals surface area contributed by atoms with Gasteiger partial charge in [-0.1, -0.05) is 12.1 Å². The van der Waals surface area contributed by atoms with E-state index < -0.39 is 5.66 Å². The molecular weight excluding hydrogens is 346 g/mol. The summed E-state index contributed by atoms with van der Waals surface area (Å²) in [4.78, 5) is 27.0. The van der Waals surface area contributed by atoms with E-state index in [9.17, 15) is 9.59 Å². The van der Waals surface area contributed by atoms with E-state index in [-0.39, 0.29) is 23.5 Å². The van der Waals surface area contributed by atoms with Crippen molar-refractivity contribution < 1.29 is 19.1 Å². The van der Waals surface area contributed by atoms with Crippen LogP contribution in [0.5, 0.6) is 0 Å². The minimum atomic E-state index is -0.563. The van der Waals surface area contributed by atoms with Crippen LogP contribution >= 0.6 is 0 Å². The Balaban J connectivity index is 1.26. The summed E-state index contributed by atoms with van der Waals surface area (Å²) >= 11 is 0. The monoisotopic (exact) mass is 371 g/mol. The fourth-order valence-electron chi connectivity index (χ4n) is 4.88. The van der Waals surface area contributed by atoms with Crippen molar-refractivity contribution in [3.63, 3.8) is 0 Å². The molecule has 1 aromatic carbocycles. The van der Waals surface area contributed by atoms with E-state index in [1.807, 2.05) is 29.2 Å². The summed E-state index contributed by atoms with van der Waals surface area (Å²) in [7, 11) is 0. The van der Waals surface area contributed by atoms with Gasteiger partial charge in [0.05, 0.1) is 17.8 Å². The highest BCUT2D eigenvalue weighted by Gasteiger charge is 2.53. The summed E-state index contributed by atoms with van der Waals surface area (Å²) in [6, 6.07) is 7.55. The number of ether oxygens (including phenoxy) is 2. The normalized spacial score (nSPS) is 31.6. The standard InChI is InChI=1S/C20H25N3O4/c24-17-14-4-1-2-5-15(14)21-20(22-17)12-19(27-13-20)7-9-23(10-8-19)18(25)16-6-3-11-26-16/h1-2,4-5,16,21H,3,6-13H2,(H,22,24)/t16-,20+/m0/s1. The Morgan fingerprint density at radius 3 is 2.78 bits per heavy atom. The third kappa shape index (κ3) is 2.89. The van der Waals surface area contributed by atoms with Crippen molar-refractivity contribution in [1.29, 1.82) is 0 Å². The number of para-hydroxylation sites is 1. The highest BCUT2D eigenvalue weighted by atomic mass is 16.5. The van der Waals surface area contributed by atoms with Crippen LogP contribution in [0.1, 0.15) is 42.5 Å². The summed E-state index contributed by atoms with van der Waals surface area (Å²) in [5.41, 5.74) is 0.667. The van der Waals surface area contributed by atoms with Gasteiger partial charge in [-0.3, -0.25) is 9.59 Å². The number of nitrogens with zero attached hydrogens (tertiary/aromatic N) is 1. The second-order valence-electron chi connectivity index (χ2n) is 8.18. The molecule has 2 spiro atoms. The number of rotatable bonds is 1. The number of carbonyl (C=O) groups excluding carboxylic acids is 2. The number of benzene rings is 1. The quantitative estimate of drug-likeness (QED) is 0.782. The molecule has 27 heavy (non-hydrogen) atoms. The van der Waals surface area contributed by atoms with Crippen LogP contribution in [0.4, 0.5) is 5.69 Å². The minimum absolute atomic E-state index is 0.0593. The average Bonchev–Trinajstić information content (AvgIpc) is 3.31. The van der Waals surface area contributed by atoms with Crippen LogP contribution < -0.4 is 10.6 Å². The maximum absolute atomic E-state index is 12.6. The highest BCUT2D eigenvalue weighted by molar-refractivity contribution is 6.02. The molecule has 3 saturated heterocycles. The van der Waals surface area contributed by atoms with Crippen molar-refractivity contribution in [2.45, 2.75) is 49.5 Å². The summed E-state index contributed by atoms with van der Waals surface area (Å²) in [5, 5.41) is 6.62. The third-order valence-corrected chi connectivity index (χ3v) is 6.34. The maximum Gasteiger partial charge on any atom is 0.255 e. The second-order valence-corrected chi connectivity index (χ2v) is 8.18. The van der Waals surface area contributed by atoms with Crippen LogP contribution in [0.2, 0.25) is 0 Å². The van der Waals surface area contributed by atoms with Crippen LogP contribution in [0.25, 0.3) is 0 Å². The number of hydrogen-bond donors (Lipinski definition) is 2. The van der Waals surface area contributed by atoms with Gasteiger partial charge in [-0.15, -0.1) is 0 Å². The number of piperidine rings is 1. The summed E-state index contributed by atoms with van der Waals surface area (Å²) in [5.74, 6) is 0.0593. The Hall–Kier alpha value is -2.12. The lowest BCUT2D eigenvalue weighted by Crippen LogP contribution is -2.59. The molecule has 2 amide bonds. The van der Waals surface area contributed by atoms with Crippen LogP contribution in [0.15, 0.2) is 24.3 Å². The number of amides is 2. The Morgan fingerprint density at radius 1 is 1.19 bits per heavy atom. The number of nitrogens with one attached hydrogen (secondary N) is 2. The third-order valence-electron chi connectivity index (χ3n) is 6.34. The molecule has 4 heterocycles. The lowest BCUT2D eigenvalue weighted by Gasteiger charge is -2.41. The number of carbonyl (C=O) groups is 2. The van der Waals surface area contributed by atoms with Gasteiger partial charge in [0.1, 0.15) is 11.8 Å². The molecule has 7 heteroatoms. The zero-order chi connectivity index (χ0) is 18.5. The van der Waals surface area contributed by atoms with Crippen molar-refractivity contribution in [2.75, 3.05) is 31.6 Å². The number of likely N-dealkylation sites (tertiary alicyclic amines) is 1. The highest BCUT2D eigenvalue weighted by Crippen LogP contribution is 2.43. The molecule has 0 bridgehead atoms. The maximum atomic E-state index is 12.6. The lowest BCUT2D eigenvalue weighted by atomic mass is 9.84. The molecule has 0 aromatic heterocycles. The molecule has 3 fully saturated rings. The molecule has 0 radical (unpaired) electrons. The first-order chi connectivity index (χ1) is 13.1. The Labute approximate surface area is 158 Å². The first-order valence-corrected chi connectivity index (χ1v) is 9.82. The Bertz CT molecular complexity index is 768. The van der Waals surface area contributed by atoms with Crippen molar-refractivity contribution >= 4 is 17.5 Å². The predicted octanol–water partition coefficient (Wildman–Crippen LogP) is 1.50. The number of anilines is 1. The SMILES string of the molecule is O=C1N[C@]2(COC3(CCN(C(=O)[C@@H]4CCCO4)CC3)C2)Nc2ccccc21. The summed E-state index contributed by atoms with van der Waals surface area (Å²) in [6.45, 7) is 2.48. The van der Waals surface area contributed by atoms with Gasteiger partial charge in [0.2, 0.25) is 0 Å². The van der Waals surface area contributed by atoms with Gasteiger partial charge in [0, 0.05) is 31.8 Å². The minimum Gasteiger partial charge on any atom is -0.370 e. The van der Waals surface area contributed by atoms with E-state index in [1.165, 1.54) is 0 Å². The summed E-state index contributed by atoms with van der Waals surface area (Å²) in [6.07, 6.45) is 3.81. The van der Waals surface area contributed by atoms with Crippen molar-refractivity contribution in [3.05, 3.63) is 29.8 Å². The molecule has 0 aliphatic carbocycles. The topological polar surface area (TPSA) is 79.9 Å². The molecule has 144 valence electrons. The van der Waals surface area contributed by atoms with E-state index in [0.29, 0.717) is 38.3 Å². The van der Waals surface area contributed by atoms with E-state index in [1.54, 1.807) is 0 Å². The van der Waals surface area contributed by atoms with E-state index >= 15 is 0 Å². The first-order valence-electron chi connectivity index (χ1n) is 9.82. The van der Waals surface area contributed by atoms with Gasteiger partial charge in [0.15, 0.2) is 0 Å². The van der Waals surface area contributed by atoms with Gasteiger partial charge in [-0.25, -0.2) is 0 Å². The van der Waals surface area contributed by atoms with Crippen LogP contribution in [0.3, 0.4) is 0 Å². The summed E-state index contributed by atoms with van der Waals surface area (Å²) < 4.78 is 11.8. The van der Waals surface area contributed by atoms with Crippen LogP contribution in [-0.2, 0) is 14.3 Å². The number of fused-ring (bicyclic) bond motifs is 1. The molecule has 0 saturated carbocycles. The molecule has 5 rings (SSSR count). The molecule has 4 aliphatic heterocycles. The Morgan fingerprint density at radius 2 is 2.00 bits per heavy atom. The largest absolute Gasteiger partial charge is 0.370 e. The molecule has 7 nitrogen and oxygen atoms in total. The van der Waals surface area contributed by atoms with Gasteiger partial charge in [-0.2, -0.15) is 0 Å². The second kappa shape index (κ2) is 6.21. The van der Waals surface area contributed by atoms with Crippen molar-refractivity contribution in [3.8, 4) is 0 Å². The van der Waals surface area contributed by atoms with Gasteiger partial charge >= 0.3 is 0 Å². The zero-order valence-electron chi connectivity index (χ0n) is 15.3. The molecule has 4 aliphatic rings. The van der Waals surface area contributed by atoms with Crippen LogP contribution in [-0.4, -0.2) is 60.4 Å². The smallest absolute Gasteiger partial charge is 0.255 e.